The van der Waals surface area contributed by atoms with Crippen molar-refractivity contribution < 1.29 is 0 Å². The summed E-state index contributed by atoms with van der Waals surface area (Å²) in [4.78, 5) is 0. The van der Waals surface area contributed by atoms with Crippen molar-refractivity contribution in [3.63, 3.8) is 0 Å². The number of nitrogens with two attached hydrogens (primary N) is 1. The van der Waals surface area contributed by atoms with Crippen LogP contribution in [0.5, 0.6) is 0 Å². The summed E-state index contributed by atoms with van der Waals surface area (Å²) in [5, 5.41) is 5.69. The van der Waals surface area contributed by atoms with Gasteiger partial charge in [-0.2, -0.15) is 5.10 Å². The zero-order valence-corrected chi connectivity index (χ0v) is 11.8. The second-order valence-electron chi connectivity index (χ2n) is 4.67. The van der Waals surface area contributed by atoms with E-state index in [1.54, 1.807) is 18.2 Å². The molecular formula is C13H15Cl2N3. The van der Waals surface area contributed by atoms with Crippen molar-refractivity contribution in [2.45, 2.75) is 20.4 Å². The lowest BCUT2D eigenvalue weighted by Gasteiger charge is -2.04. The molecular weight excluding hydrogens is 269 g/mol. The third kappa shape index (κ3) is 2.79. The molecule has 0 unspecified atom stereocenters. The Labute approximate surface area is 117 Å². The minimum Gasteiger partial charge on any atom is -0.396 e. The molecule has 0 radical (unpaired) electrons. The molecule has 0 saturated carbocycles. The number of halogens is 2. The number of rotatable bonds is 3. The maximum Gasteiger partial charge on any atom is 0.117 e. The van der Waals surface area contributed by atoms with Gasteiger partial charge in [-0.3, -0.25) is 4.68 Å². The molecule has 0 spiro atoms. The second-order valence-corrected chi connectivity index (χ2v) is 5.52. The van der Waals surface area contributed by atoms with Crippen LogP contribution in [0.3, 0.4) is 0 Å². The van der Waals surface area contributed by atoms with Crippen molar-refractivity contribution in [3.8, 4) is 11.3 Å². The van der Waals surface area contributed by atoms with E-state index in [4.69, 9.17) is 28.9 Å². The van der Waals surface area contributed by atoms with Gasteiger partial charge in [0.2, 0.25) is 0 Å². The van der Waals surface area contributed by atoms with Gasteiger partial charge in [-0.05, 0) is 24.1 Å². The largest absolute Gasteiger partial charge is 0.396 e. The van der Waals surface area contributed by atoms with Crippen molar-refractivity contribution in [2.24, 2.45) is 5.92 Å². The molecule has 1 heterocycles. The van der Waals surface area contributed by atoms with Crippen molar-refractivity contribution >= 4 is 28.9 Å². The fraction of sp³-hybridized carbons (Fsp3) is 0.308. The van der Waals surface area contributed by atoms with Gasteiger partial charge in [0, 0.05) is 23.3 Å². The van der Waals surface area contributed by atoms with Gasteiger partial charge in [0.05, 0.1) is 10.7 Å². The van der Waals surface area contributed by atoms with Gasteiger partial charge in [0.25, 0.3) is 0 Å². The monoisotopic (exact) mass is 283 g/mol. The Morgan fingerprint density at radius 2 is 2.06 bits per heavy atom. The first-order chi connectivity index (χ1) is 8.47. The van der Waals surface area contributed by atoms with Crippen LogP contribution in [0.15, 0.2) is 24.4 Å². The van der Waals surface area contributed by atoms with E-state index in [0.29, 0.717) is 27.3 Å². The fourth-order valence-corrected chi connectivity index (χ4v) is 2.17. The molecule has 18 heavy (non-hydrogen) atoms. The summed E-state index contributed by atoms with van der Waals surface area (Å²) >= 11 is 12.1. The van der Waals surface area contributed by atoms with Crippen LogP contribution in [0, 0.1) is 5.92 Å². The van der Waals surface area contributed by atoms with Crippen LogP contribution < -0.4 is 5.73 Å². The molecule has 0 bridgehead atoms. The number of nitrogen functional groups attached to an aromatic ring is 1. The van der Waals surface area contributed by atoms with Gasteiger partial charge in [-0.25, -0.2) is 0 Å². The Morgan fingerprint density at radius 3 is 2.72 bits per heavy atom. The predicted octanol–water partition coefficient (Wildman–Crippen LogP) is 4.10. The number of aromatic nitrogens is 2. The van der Waals surface area contributed by atoms with E-state index >= 15 is 0 Å². The van der Waals surface area contributed by atoms with Crippen molar-refractivity contribution in [3.05, 3.63) is 34.4 Å². The minimum atomic E-state index is 0.506. The molecule has 3 nitrogen and oxygen atoms in total. The lowest BCUT2D eigenvalue weighted by molar-refractivity contribution is 0.484. The van der Waals surface area contributed by atoms with Crippen LogP contribution in [-0.4, -0.2) is 9.78 Å². The van der Waals surface area contributed by atoms with Crippen LogP contribution in [-0.2, 0) is 6.54 Å². The van der Waals surface area contributed by atoms with Gasteiger partial charge in [-0.15, -0.1) is 0 Å². The van der Waals surface area contributed by atoms with E-state index in [0.717, 1.165) is 12.1 Å². The molecule has 0 fully saturated rings. The Balaban J connectivity index is 2.44. The lowest BCUT2D eigenvalue weighted by Crippen LogP contribution is -2.04. The van der Waals surface area contributed by atoms with Crippen molar-refractivity contribution in [1.82, 2.24) is 9.78 Å². The van der Waals surface area contributed by atoms with E-state index in [1.165, 1.54) is 0 Å². The van der Waals surface area contributed by atoms with Gasteiger partial charge < -0.3 is 5.73 Å². The average Bonchev–Trinajstić information content (AvgIpc) is 2.62. The Bertz CT molecular complexity index is 561. The Kier molecular flexibility index (Phi) is 3.83. The van der Waals surface area contributed by atoms with E-state index < -0.39 is 0 Å². The highest BCUT2D eigenvalue weighted by molar-refractivity contribution is 6.35. The highest BCUT2D eigenvalue weighted by Gasteiger charge is 2.13. The molecule has 1 aromatic heterocycles. The predicted molar refractivity (Wildman–Crippen MR) is 76.9 cm³/mol. The van der Waals surface area contributed by atoms with Gasteiger partial charge >= 0.3 is 0 Å². The summed E-state index contributed by atoms with van der Waals surface area (Å²) in [5.41, 5.74) is 8.05. The van der Waals surface area contributed by atoms with Crippen LogP contribution in [0.4, 0.5) is 5.69 Å². The number of hydrogen-bond acceptors (Lipinski definition) is 2. The van der Waals surface area contributed by atoms with Gasteiger partial charge in [0.1, 0.15) is 5.69 Å². The number of nitrogens with zero attached hydrogens (tertiary/aromatic N) is 2. The molecule has 0 atom stereocenters. The molecule has 0 amide bonds. The minimum absolute atomic E-state index is 0.506. The summed E-state index contributed by atoms with van der Waals surface area (Å²) in [5.74, 6) is 0.506. The molecule has 2 rings (SSSR count). The zero-order chi connectivity index (χ0) is 13.3. The number of anilines is 1. The van der Waals surface area contributed by atoms with Crippen LogP contribution in [0.1, 0.15) is 13.8 Å². The Morgan fingerprint density at radius 1 is 1.33 bits per heavy atom. The second kappa shape index (κ2) is 5.21. The lowest BCUT2D eigenvalue weighted by atomic mass is 10.1. The van der Waals surface area contributed by atoms with Gasteiger partial charge in [0.15, 0.2) is 0 Å². The number of hydrogen-bond donors (Lipinski definition) is 1. The molecule has 2 N–H and O–H groups in total. The maximum absolute atomic E-state index is 6.15. The van der Waals surface area contributed by atoms with Crippen LogP contribution in [0.2, 0.25) is 10.0 Å². The van der Waals surface area contributed by atoms with Crippen LogP contribution >= 0.6 is 23.2 Å². The normalized spacial score (nSPS) is 11.2. The van der Waals surface area contributed by atoms with Crippen molar-refractivity contribution in [2.75, 3.05) is 5.73 Å². The standard InChI is InChI=1S/C13H15Cl2N3/c1-8(2)6-18-7-12(16)13(17-18)10-5-9(14)3-4-11(10)15/h3-5,7-8H,6,16H2,1-2H3. The molecule has 0 aliphatic carbocycles. The molecule has 5 heteroatoms. The molecule has 0 aliphatic rings. The topological polar surface area (TPSA) is 43.8 Å². The number of benzene rings is 1. The van der Waals surface area contributed by atoms with E-state index in [-0.39, 0.29) is 0 Å². The average molecular weight is 284 g/mol. The maximum atomic E-state index is 6.15. The third-order valence-electron chi connectivity index (χ3n) is 2.53. The smallest absolute Gasteiger partial charge is 0.117 e. The first-order valence-corrected chi connectivity index (χ1v) is 6.51. The summed E-state index contributed by atoms with van der Waals surface area (Å²) in [6.07, 6.45) is 1.83. The fourth-order valence-electron chi connectivity index (χ4n) is 1.79. The quantitative estimate of drug-likeness (QED) is 0.922. The highest BCUT2D eigenvalue weighted by atomic mass is 35.5. The van der Waals surface area contributed by atoms with Gasteiger partial charge in [-0.1, -0.05) is 37.0 Å². The molecule has 0 saturated heterocycles. The molecule has 2 aromatic rings. The molecule has 96 valence electrons. The van der Waals surface area contributed by atoms with E-state index in [2.05, 4.69) is 18.9 Å². The summed E-state index contributed by atoms with van der Waals surface area (Å²) < 4.78 is 1.84. The van der Waals surface area contributed by atoms with Crippen LogP contribution in [0.25, 0.3) is 11.3 Å². The highest BCUT2D eigenvalue weighted by Crippen LogP contribution is 2.32. The van der Waals surface area contributed by atoms with Crippen molar-refractivity contribution in [1.29, 1.82) is 0 Å². The summed E-state index contributed by atoms with van der Waals surface area (Å²) in [6.45, 7) is 5.08. The van der Waals surface area contributed by atoms with E-state index in [9.17, 15) is 0 Å². The SMILES string of the molecule is CC(C)Cn1cc(N)c(-c2cc(Cl)ccc2Cl)n1. The first-order valence-electron chi connectivity index (χ1n) is 5.75. The molecule has 1 aromatic carbocycles. The Hall–Kier alpha value is -1.19. The summed E-state index contributed by atoms with van der Waals surface area (Å²) in [7, 11) is 0. The molecule has 0 aliphatic heterocycles. The third-order valence-corrected chi connectivity index (χ3v) is 3.09. The summed E-state index contributed by atoms with van der Waals surface area (Å²) in [6, 6.07) is 5.27. The van der Waals surface area contributed by atoms with E-state index in [1.807, 2.05) is 10.9 Å². The zero-order valence-electron chi connectivity index (χ0n) is 10.3. The first kappa shape index (κ1) is 13.2.